The Morgan fingerprint density at radius 1 is 1.04 bits per heavy atom. The van der Waals surface area contributed by atoms with Crippen LogP contribution in [0.4, 0.5) is 5.82 Å². The third-order valence-corrected chi connectivity index (χ3v) is 3.76. The topological polar surface area (TPSA) is 77.2 Å². The predicted octanol–water partition coefficient (Wildman–Crippen LogP) is 2.81. The van der Waals surface area contributed by atoms with Gasteiger partial charge in [-0.05, 0) is 35.9 Å². The number of nitrogens with one attached hydrogen (secondary N) is 1. The molecule has 0 saturated heterocycles. The molecule has 0 fully saturated rings. The minimum absolute atomic E-state index is 0.577. The molecule has 0 unspecified atom stereocenters. The monoisotopic (exact) mass is 332 g/mol. The molecule has 0 saturated carbocycles. The normalized spacial score (nSPS) is 10.8. The van der Waals surface area contributed by atoms with E-state index in [1.807, 2.05) is 42.6 Å². The van der Waals surface area contributed by atoms with Gasteiger partial charge in [0.25, 0.3) is 0 Å². The Kier molecular flexibility index (Phi) is 3.96. The fraction of sp³-hybridized carbons (Fsp3) is 0.111. The van der Waals surface area contributed by atoms with Crippen LogP contribution in [0.25, 0.3) is 16.9 Å². The molecule has 1 N–H and O–H groups in total. The van der Waals surface area contributed by atoms with E-state index < -0.39 is 0 Å². The SMILES string of the molecule is COc1c(-c2cccnc2)nc2ccc(NCc3cccnc3)nn12. The maximum absolute atomic E-state index is 5.54. The molecule has 4 aromatic rings. The van der Waals surface area contributed by atoms with Gasteiger partial charge in [0, 0.05) is 36.9 Å². The second-order valence-corrected chi connectivity index (χ2v) is 5.41. The number of hydrogen-bond acceptors (Lipinski definition) is 6. The number of imidazole rings is 1. The summed E-state index contributed by atoms with van der Waals surface area (Å²) in [6, 6.07) is 11.5. The summed E-state index contributed by atoms with van der Waals surface area (Å²) >= 11 is 0. The van der Waals surface area contributed by atoms with Gasteiger partial charge in [-0.1, -0.05) is 6.07 Å². The molecule has 124 valence electrons. The highest BCUT2D eigenvalue weighted by molar-refractivity contribution is 5.68. The molecule has 4 rings (SSSR count). The summed E-state index contributed by atoms with van der Waals surface area (Å²) in [7, 11) is 1.61. The molecular formula is C18H16N6O. The van der Waals surface area contributed by atoms with Crippen molar-refractivity contribution in [3.8, 4) is 17.1 Å². The van der Waals surface area contributed by atoms with Crippen molar-refractivity contribution in [1.29, 1.82) is 0 Å². The van der Waals surface area contributed by atoms with Gasteiger partial charge in [-0.3, -0.25) is 9.97 Å². The Bertz CT molecular complexity index is 985. The lowest BCUT2D eigenvalue weighted by molar-refractivity contribution is 0.389. The smallest absolute Gasteiger partial charge is 0.243 e. The molecule has 0 bridgehead atoms. The lowest BCUT2D eigenvalue weighted by Gasteiger charge is -2.07. The molecule has 25 heavy (non-hydrogen) atoms. The van der Waals surface area contributed by atoms with Crippen LogP contribution in [0, 0.1) is 0 Å². The Balaban J connectivity index is 1.68. The zero-order valence-corrected chi connectivity index (χ0v) is 13.6. The summed E-state index contributed by atoms with van der Waals surface area (Å²) in [5, 5.41) is 7.87. The quantitative estimate of drug-likeness (QED) is 0.605. The van der Waals surface area contributed by atoms with Crippen LogP contribution in [-0.2, 0) is 6.54 Å². The van der Waals surface area contributed by atoms with Gasteiger partial charge in [0.05, 0.1) is 7.11 Å². The number of fused-ring (bicyclic) bond motifs is 1. The Morgan fingerprint density at radius 2 is 1.88 bits per heavy atom. The number of methoxy groups -OCH3 is 1. The molecule has 0 aliphatic carbocycles. The number of anilines is 1. The molecule has 0 amide bonds. The fourth-order valence-corrected chi connectivity index (χ4v) is 2.58. The number of pyridine rings is 2. The summed E-state index contributed by atoms with van der Waals surface area (Å²) in [5.41, 5.74) is 3.39. The summed E-state index contributed by atoms with van der Waals surface area (Å²) in [5.74, 6) is 1.30. The molecule has 0 radical (unpaired) electrons. The second kappa shape index (κ2) is 6.56. The first-order valence-electron chi connectivity index (χ1n) is 7.82. The summed E-state index contributed by atoms with van der Waals surface area (Å²) in [4.78, 5) is 12.9. The van der Waals surface area contributed by atoms with Crippen LogP contribution in [0.15, 0.2) is 61.2 Å². The molecule has 0 spiro atoms. The molecule has 0 aliphatic rings. The maximum Gasteiger partial charge on any atom is 0.243 e. The number of hydrogen-bond donors (Lipinski definition) is 1. The highest BCUT2D eigenvalue weighted by Crippen LogP contribution is 2.29. The Hall–Kier alpha value is -3.48. The van der Waals surface area contributed by atoms with Crippen molar-refractivity contribution >= 4 is 11.5 Å². The van der Waals surface area contributed by atoms with Gasteiger partial charge in [0.2, 0.25) is 5.88 Å². The number of rotatable bonds is 5. The number of nitrogens with zero attached hydrogens (tertiary/aromatic N) is 5. The average molecular weight is 332 g/mol. The van der Waals surface area contributed by atoms with Crippen LogP contribution in [0.3, 0.4) is 0 Å². The van der Waals surface area contributed by atoms with Crippen LogP contribution >= 0.6 is 0 Å². The predicted molar refractivity (Wildman–Crippen MR) is 94.3 cm³/mol. The highest BCUT2D eigenvalue weighted by atomic mass is 16.5. The van der Waals surface area contributed by atoms with E-state index in [0.29, 0.717) is 23.8 Å². The van der Waals surface area contributed by atoms with Crippen LogP contribution in [0.1, 0.15) is 5.56 Å². The molecular weight excluding hydrogens is 316 g/mol. The highest BCUT2D eigenvalue weighted by Gasteiger charge is 2.16. The maximum atomic E-state index is 5.54. The second-order valence-electron chi connectivity index (χ2n) is 5.41. The van der Waals surface area contributed by atoms with Crippen molar-refractivity contribution in [3.05, 3.63) is 66.7 Å². The molecule has 0 aliphatic heterocycles. The van der Waals surface area contributed by atoms with Gasteiger partial charge in [-0.2, -0.15) is 4.52 Å². The fourth-order valence-electron chi connectivity index (χ4n) is 2.58. The third kappa shape index (κ3) is 2.99. The Morgan fingerprint density at radius 3 is 2.60 bits per heavy atom. The summed E-state index contributed by atoms with van der Waals surface area (Å²) in [6.07, 6.45) is 7.06. The first-order chi connectivity index (χ1) is 12.3. The molecule has 4 heterocycles. The van der Waals surface area contributed by atoms with Crippen molar-refractivity contribution in [1.82, 2.24) is 24.6 Å². The van der Waals surface area contributed by atoms with Gasteiger partial charge in [0.15, 0.2) is 5.65 Å². The lowest BCUT2D eigenvalue weighted by atomic mass is 10.2. The van der Waals surface area contributed by atoms with E-state index in [1.165, 1.54) is 0 Å². The van der Waals surface area contributed by atoms with Gasteiger partial charge < -0.3 is 10.1 Å². The largest absolute Gasteiger partial charge is 0.479 e. The van der Waals surface area contributed by atoms with Crippen LogP contribution in [-0.4, -0.2) is 31.7 Å². The van der Waals surface area contributed by atoms with E-state index in [-0.39, 0.29) is 0 Å². The van der Waals surface area contributed by atoms with Crippen molar-refractivity contribution in [2.45, 2.75) is 6.54 Å². The van der Waals surface area contributed by atoms with Crippen LogP contribution in [0.5, 0.6) is 5.88 Å². The van der Waals surface area contributed by atoms with E-state index in [4.69, 9.17) is 4.74 Å². The third-order valence-electron chi connectivity index (χ3n) is 3.76. The van der Waals surface area contributed by atoms with E-state index in [2.05, 4.69) is 25.4 Å². The van der Waals surface area contributed by atoms with Gasteiger partial charge in [0.1, 0.15) is 11.5 Å². The Labute approximate surface area is 144 Å². The zero-order valence-electron chi connectivity index (χ0n) is 13.6. The van der Waals surface area contributed by atoms with Gasteiger partial charge in [-0.15, -0.1) is 5.10 Å². The number of ether oxygens (including phenoxy) is 1. The van der Waals surface area contributed by atoms with Gasteiger partial charge >= 0.3 is 0 Å². The minimum atomic E-state index is 0.577. The van der Waals surface area contributed by atoms with Crippen LogP contribution in [0.2, 0.25) is 0 Å². The van der Waals surface area contributed by atoms with Crippen molar-refractivity contribution in [2.75, 3.05) is 12.4 Å². The first-order valence-corrected chi connectivity index (χ1v) is 7.82. The molecule has 4 aromatic heterocycles. The molecule has 7 nitrogen and oxygen atoms in total. The van der Waals surface area contributed by atoms with Crippen molar-refractivity contribution in [3.63, 3.8) is 0 Å². The summed E-state index contributed by atoms with van der Waals surface area (Å²) < 4.78 is 7.23. The zero-order chi connectivity index (χ0) is 17.1. The van der Waals surface area contributed by atoms with E-state index >= 15 is 0 Å². The van der Waals surface area contributed by atoms with Crippen molar-refractivity contribution < 1.29 is 4.74 Å². The molecule has 0 aromatic carbocycles. The van der Waals surface area contributed by atoms with Gasteiger partial charge in [-0.25, -0.2) is 4.98 Å². The van der Waals surface area contributed by atoms with E-state index in [0.717, 1.165) is 16.9 Å². The summed E-state index contributed by atoms with van der Waals surface area (Å²) in [6.45, 7) is 0.638. The standard InChI is InChI=1S/C18H16N6O/c1-25-18-17(14-5-3-9-20-12-14)22-16-7-6-15(23-24(16)18)21-11-13-4-2-8-19-10-13/h2-10,12H,11H2,1H3,(H,21,23). The van der Waals surface area contributed by atoms with E-state index in [1.54, 1.807) is 30.2 Å². The van der Waals surface area contributed by atoms with Crippen LogP contribution < -0.4 is 10.1 Å². The average Bonchev–Trinajstić information content (AvgIpc) is 3.05. The molecule has 7 heteroatoms. The van der Waals surface area contributed by atoms with E-state index in [9.17, 15) is 0 Å². The minimum Gasteiger partial charge on any atom is -0.479 e. The molecule has 0 atom stereocenters. The lowest BCUT2D eigenvalue weighted by Crippen LogP contribution is -2.05. The first kappa shape index (κ1) is 15.1. The number of aromatic nitrogens is 5. The van der Waals surface area contributed by atoms with Crippen molar-refractivity contribution in [2.24, 2.45) is 0 Å².